The molecule has 0 spiro atoms. The van der Waals surface area contributed by atoms with Crippen LogP contribution in [0, 0.1) is 0 Å². The first-order valence-electron chi connectivity index (χ1n) is 7.71. The number of halogens is 7. The van der Waals surface area contributed by atoms with Crippen molar-refractivity contribution in [3.05, 3.63) is 71.8 Å². The van der Waals surface area contributed by atoms with Gasteiger partial charge in [0.05, 0.1) is 0 Å². The van der Waals surface area contributed by atoms with Crippen molar-refractivity contribution >= 4 is 7.81 Å². The number of alkyl halides is 2. The first-order valence-corrected chi connectivity index (χ1v) is 11.9. The van der Waals surface area contributed by atoms with E-state index in [1.807, 2.05) is 0 Å². The summed E-state index contributed by atoms with van der Waals surface area (Å²) in [7, 11) is -10.7. The Balaban J connectivity index is 0.000000412. The summed E-state index contributed by atoms with van der Waals surface area (Å²) in [5.41, 5.74) is 2.93. The van der Waals surface area contributed by atoms with Crippen molar-refractivity contribution < 1.29 is 46.4 Å². The number of hydrogen-bond acceptors (Lipinski definition) is 0. The van der Waals surface area contributed by atoms with Crippen molar-refractivity contribution in [2.45, 2.75) is 34.5 Å². The Labute approximate surface area is 160 Å². The van der Waals surface area contributed by atoms with E-state index in [2.05, 4.69) is 88.4 Å². The van der Waals surface area contributed by atoms with E-state index in [0.29, 0.717) is 6.84 Å². The van der Waals surface area contributed by atoms with Crippen LogP contribution < -0.4 is 21.2 Å². The van der Waals surface area contributed by atoms with Gasteiger partial charge in [0.25, 0.3) is 21.2 Å². The Kier molecular flexibility index (Phi) is 6.22. The molecule has 0 fully saturated rings. The third-order valence-corrected chi connectivity index (χ3v) is 7.34. The van der Waals surface area contributed by atoms with Crippen LogP contribution >= 0.6 is 7.81 Å². The van der Waals surface area contributed by atoms with Crippen LogP contribution in [0.4, 0.5) is 25.2 Å². The van der Waals surface area contributed by atoms with Crippen molar-refractivity contribution in [1.82, 2.24) is 0 Å². The van der Waals surface area contributed by atoms with E-state index in [1.54, 1.807) is 0 Å². The van der Waals surface area contributed by atoms with Crippen LogP contribution in [0.3, 0.4) is 0 Å². The Morgan fingerprint density at radius 2 is 0.808 bits per heavy atom. The van der Waals surface area contributed by atoms with Crippen molar-refractivity contribution in [1.29, 1.82) is 0 Å². The van der Waals surface area contributed by atoms with Crippen molar-refractivity contribution in [2.24, 2.45) is 0 Å². The van der Waals surface area contributed by atoms with Gasteiger partial charge in [-0.25, -0.2) is 0 Å². The molecule has 0 aromatic heterocycles. The third kappa shape index (κ3) is 10.4. The second-order valence-electron chi connectivity index (χ2n) is 6.73. The first kappa shape index (κ1) is 23.2. The van der Waals surface area contributed by atoms with Crippen molar-refractivity contribution in [3.8, 4) is 0 Å². The molecule has 0 saturated carbocycles. The normalized spacial score (nSPS) is 15.3. The molecule has 0 amide bonds. The molecule has 0 N–H and O–H groups in total. The summed E-state index contributed by atoms with van der Waals surface area (Å²) in [6, 6.07) is 21.9. The van der Waals surface area contributed by atoms with Crippen LogP contribution in [0.15, 0.2) is 60.7 Å². The summed E-state index contributed by atoms with van der Waals surface area (Å²) >= 11 is -0.0252. The second-order valence-corrected chi connectivity index (χ2v) is 14.6. The van der Waals surface area contributed by atoms with E-state index < -0.39 is 7.81 Å². The Morgan fingerprint density at radius 1 is 0.577 bits per heavy atom. The molecule has 26 heavy (non-hydrogen) atoms. The molecule has 0 aliphatic rings. The number of rotatable bonds is 4. The molecule has 0 bridgehead atoms. The molecule has 0 aliphatic heterocycles. The third-order valence-electron chi connectivity index (χ3n) is 3.39. The summed E-state index contributed by atoms with van der Waals surface area (Å²) in [6.07, 6.45) is 0. The van der Waals surface area contributed by atoms with Gasteiger partial charge < -0.3 is 0 Å². The molecule has 148 valence electrons. The minimum absolute atomic E-state index is 0.0252. The average molecular weight is 510 g/mol. The van der Waals surface area contributed by atoms with Crippen molar-refractivity contribution in [3.63, 3.8) is 0 Å². The minimum atomic E-state index is -10.7. The summed E-state index contributed by atoms with van der Waals surface area (Å²) in [5.74, 6) is 0. The van der Waals surface area contributed by atoms with Crippen LogP contribution in [-0.2, 0) is 6.84 Å². The molecular weight excluding hydrogens is 488 g/mol. The SMILES string of the molecule is CC(C)([I+]C(C)(C)c1ccccc1)c1ccccc1.F[P-](F)(F)(F)(F)F. The summed E-state index contributed by atoms with van der Waals surface area (Å²) in [4.78, 5) is 0. The molecule has 0 atom stereocenters. The molecule has 0 unspecified atom stereocenters. The van der Waals surface area contributed by atoms with Gasteiger partial charge in [-0.2, -0.15) is 0 Å². The first-order chi connectivity index (χ1) is 11.4. The van der Waals surface area contributed by atoms with Crippen LogP contribution in [0.25, 0.3) is 0 Å². The van der Waals surface area contributed by atoms with Crippen molar-refractivity contribution in [2.75, 3.05) is 0 Å². The summed E-state index contributed by atoms with van der Waals surface area (Å²) in [6.45, 7) is 9.56. The van der Waals surface area contributed by atoms with Gasteiger partial charge in [0.1, 0.15) is 0 Å². The van der Waals surface area contributed by atoms with E-state index in [0.717, 1.165) is 0 Å². The van der Waals surface area contributed by atoms with Gasteiger partial charge in [0, 0.05) is 11.1 Å². The second kappa shape index (κ2) is 6.97. The fourth-order valence-electron chi connectivity index (χ4n) is 2.37. The fraction of sp³-hybridized carbons (Fsp3) is 0.333. The van der Waals surface area contributed by atoms with Gasteiger partial charge in [-0.1, -0.05) is 60.7 Å². The zero-order chi connectivity index (χ0) is 20.3. The Hall–Kier alpha value is -0.820. The molecule has 2 aromatic carbocycles. The molecule has 8 heteroatoms. The zero-order valence-electron chi connectivity index (χ0n) is 14.9. The van der Waals surface area contributed by atoms with Gasteiger partial charge in [0.2, 0.25) is 0 Å². The molecule has 0 aliphatic carbocycles. The molecule has 2 aromatic rings. The van der Waals surface area contributed by atoms with E-state index in [4.69, 9.17) is 0 Å². The van der Waals surface area contributed by atoms with E-state index in [-0.39, 0.29) is 21.2 Å². The van der Waals surface area contributed by atoms with Gasteiger partial charge in [-0.3, -0.25) is 0 Å². The standard InChI is InChI=1S/C18H22I.F6P/c1-17(2,15-11-7-5-8-12-15)19-18(3,4)16-13-9-6-10-14-16;1-7(2,3,4,5)6/h5-14H,1-4H3;/q+1;-1. The zero-order valence-corrected chi connectivity index (χ0v) is 17.9. The van der Waals surface area contributed by atoms with Crippen LogP contribution in [-0.4, -0.2) is 0 Å². The maximum absolute atomic E-state index is 10.7. The molecule has 0 saturated heterocycles. The number of benzene rings is 2. The Morgan fingerprint density at radius 3 is 1.04 bits per heavy atom. The monoisotopic (exact) mass is 510 g/mol. The topological polar surface area (TPSA) is 0 Å². The van der Waals surface area contributed by atoms with Crippen LogP contribution in [0.1, 0.15) is 38.8 Å². The van der Waals surface area contributed by atoms with Gasteiger partial charge in [-0.05, 0) is 27.7 Å². The summed E-state index contributed by atoms with van der Waals surface area (Å²) in [5, 5.41) is 0. The van der Waals surface area contributed by atoms with Gasteiger partial charge in [-0.15, -0.1) is 0 Å². The van der Waals surface area contributed by atoms with Gasteiger partial charge >= 0.3 is 33.0 Å². The molecule has 2 rings (SSSR count). The fourth-order valence-corrected chi connectivity index (χ4v) is 7.08. The molecule has 0 heterocycles. The van der Waals surface area contributed by atoms with Crippen LogP contribution in [0.2, 0.25) is 0 Å². The predicted molar refractivity (Wildman–Crippen MR) is 92.5 cm³/mol. The average Bonchev–Trinajstić information content (AvgIpc) is 2.45. The van der Waals surface area contributed by atoms with Gasteiger partial charge in [0.15, 0.2) is 6.84 Å². The van der Waals surface area contributed by atoms with E-state index in [9.17, 15) is 25.2 Å². The maximum atomic E-state index is 9.87. The summed E-state index contributed by atoms with van der Waals surface area (Å²) < 4.78 is 59.8. The van der Waals surface area contributed by atoms with E-state index in [1.165, 1.54) is 11.1 Å². The predicted octanol–water partition coefficient (Wildman–Crippen LogP) is 5.33. The molecule has 0 nitrogen and oxygen atoms in total. The number of hydrogen-bond donors (Lipinski definition) is 0. The van der Waals surface area contributed by atoms with Crippen LogP contribution in [0.5, 0.6) is 0 Å². The Bertz CT molecular complexity index is 649. The molecule has 0 radical (unpaired) electrons. The van der Waals surface area contributed by atoms with E-state index >= 15 is 0 Å². The quantitative estimate of drug-likeness (QED) is 0.226. The molecular formula is C18H22F6IP.